The van der Waals surface area contributed by atoms with Gasteiger partial charge in [-0.1, -0.05) is 48.0 Å². The first-order valence-corrected chi connectivity index (χ1v) is 11.6. The van der Waals surface area contributed by atoms with E-state index in [1.807, 2.05) is 6.07 Å². The van der Waals surface area contributed by atoms with E-state index in [1.54, 1.807) is 49.4 Å². The summed E-state index contributed by atoms with van der Waals surface area (Å²) >= 11 is 6.05. The Labute approximate surface area is 197 Å². The molecule has 0 aromatic heterocycles. The number of para-hydroxylation sites is 1. The Bertz CT molecular complexity index is 1330. The van der Waals surface area contributed by atoms with Crippen LogP contribution in [-0.2, 0) is 14.9 Å². The molecule has 0 radical (unpaired) electrons. The molecular formula is C24H19ClN2O5S. The third-order valence-electron chi connectivity index (χ3n) is 4.30. The molecule has 3 aromatic carbocycles. The lowest BCUT2D eigenvalue weighted by Gasteiger charge is -2.13. The molecule has 3 aromatic rings. The summed E-state index contributed by atoms with van der Waals surface area (Å²) < 4.78 is 35.9. The van der Waals surface area contributed by atoms with E-state index in [1.165, 1.54) is 36.4 Å². The topological polar surface area (TPSA) is 105 Å². The van der Waals surface area contributed by atoms with Crippen molar-refractivity contribution < 1.29 is 22.1 Å². The van der Waals surface area contributed by atoms with Crippen LogP contribution < -0.4 is 14.2 Å². The smallest absolute Gasteiger partial charge is 0.339 e. The standard InChI is InChI=1S/C24H19ClN2O5S/c1-2-31-23-15-17(12-13-22(23)32-33(29,30)19-8-4-3-5-9-19)14-18(16-26)24(28)27-21-11-7-6-10-20(21)25/h3-15H,2H2,1H3,(H,27,28)/b18-14+. The number of nitrogens with zero attached hydrogens (tertiary/aromatic N) is 1. The van der Waals surface area contributed by atoms with Crippen LogP contribution in [0.4, 0.5) is 5.69 Å². The number of rotatable bonds is 8. The Morgan fingerprint density at radius 3 is 2.42 bits per heavy atom. The average Bonchev–Trinajstić information content (AvgIpc) is 2.81. The molecule has 0 bridgehead atoms. The molecule has 0 aliphatic carbocycles. The van der Waals surface area contributed by atoms with Crippen LogP contribution in [0.1, 0.15) is 12.5 Å². The first-order chi connectivity index (χ1) is 15.8. The van der Waals surface area contributed by atoms with Gasteiger partial charge in [0.1, 0.15) is 16.5 Å². The normalized spacial score (nSPS) is 11.4. The number of nitrogens with one attached hydrogen (secondary N) is 1. The fourth-order valence-electron chi connectivity index (χ4n) is 2.77. The molecular weight excluding hydrogens is 464 g/mol. The lowest BCUT2D eigenvalue weighted by molar-refractivity contribution is -0.112. The molecule has 1 amide bonds. The number of hydrogen-bond donors (Lipinski definition) is 1. The third kappa shape index (κ3) is 6.13. The van der Waals surface area contributed by atoms with Crippen LogP contribution >= 0.6 is 11.6 Å². The van der Waals surface area contributed by atoms with Crippen molar-refractivity contribution in [3.05, 3.63) is 89.0 Å². The first-order valence-electron chi connectivity index (χ1n) is 9.78. The summed E-state index contributed by atoms with van der Waals surface area (Å²) in [5.41, 5.74) is 0.631. The zero-order chi connectivity index (χ0) is 23.8. The van der Waals surface area contributed by atoms with Crippen molar-refractivity contribution in [1.29, 1.82) is 5.26 Å². The summed E-state index contributed by atoms with van der Waals surface area (Å²) in [5, 5.41) is 12.4. The fraction of sp³-hybridized carbons (Fsp3) is 0.0833. The molecule has 0 saturated heterocycles. The van der Waals surface area contributed by atoms with E-state index in [2.05, 4.69) is 5.32 Å². The number of amides is 1. The maximum Gasteiger partial charge on any atom is 0.339 e. The van der Waals surface area contributed by atoms with Gasteiger partial charge in [0.25, 0.3) is 5.91 Å². The molecule has 1 N–H and O–H groups in total. The summed E-state index contributed by atoms with van der Waals surface area (Å²) in [6, 6.07) is 20.6. The Morgan fingerprint density at radius 2 is 1.76 bits per heavy atom. The second-order valence-corrected chi connectivity index (χ2v) is 8.55. The molecule has 0 fully saturated rings. The lowest BCUT2D eigenvalue weighted by Crippen LogP contribution is -2.13. The van der Waals surface area contributed by atoms with Gasteiger partial charge < -0.3 is 14.2 Å². The van der Waals surface area contributed by atoms with Gasteiger partial charge in [0.15, 0.2) is 11.5 Å². The Morgan fingerprint density at radius 1 is 1.06 bits per heavy atom. The summed E-state index contributed by atoms with van der Waals surface area (Å²) in [6.07, 6.45) is 1.35. The number of nitriles is 1. The molecule has 168 valence electrons. The summed E-state index contributed by atoms with van der Waals surface area (Å²) in [6.45, 7) is 1.97. The highest BCUT2D eigenvalue weighted by Crippen LogP contribution is 2.32. The van der Waals surface area contributed by atoms with Gasteiger partial charge in [-0.3, -0.25) is 4.79 Å². The van der Waals surface area contributed by atoms with Crippen molar-refractivity contribution in [2.45, 2.75) is 11.8 Å². The van der Waals surface area contributed by atoms with Gasteiger partial charge in [0.05, 0.1) is 17.3 Å². The van der Waals surface area contributed by atoms with Gasteiger partial charge in [-0.15, -0.1) is 0 Å². The molecule has 0 unspecified atom stereocenters. The quantitative estimate of drug-likeness (QED) is 0.273. The minimum Gasteiger partial charge on any atom is -0.490 e. The fourth-order valence-corrected chi connectivity index (χ4v) is 3.92. The molecule has 0 saturated carbocycles. The maximum absolute atomic E-state index is 12.6. The SMILES string of the molecule is CCOc1cc(/C=C(\C#N)C(=O)Nc2ccccc2Cl)ccc1OS(=O)(=O)c1ccccc1. The van der Waals surface area contributed by atoms with Crippen molar-refractivity contribution >= 4 is 39.4 Å². The highest BCUT2D eigenvalue weighted by Gasteiger charge is 2.19. The van der Waals surface area contributed by atoms with E-state index in [-0.39, 0.29) is 28.6 Å². The van der Waals surface area contributed by atoms with Crippen molar-refractivity contribution in [3.8, 4) is 17.6 Å². The monoisotopic (exact) mass is 482 g/mol. The van der Waals surface area contributed by atoms with Gasteiger partial charge in [0.2, 0.25) is 0 Å². The van der Waals surface area contributed by atoms with Crippen molar-refractivity contribution in [1.82, 2.24) is 0 Å². The number of ether oxygens (including phenoxy) is 1. The van der Waals surface area contributed by atoms with Gasteiger partial charge >= 0.3 is 10.1 Å². The third-order valence-corrected chi connectivity index (χ3v) is 5.88. The molecule has 0 aliphatic heterocycles. The van der Waals surface area contributed by atoms with Crippen molar-refractivity contribution in [3.63, 3.8) is 0 Å². The molecule has 9 heteroatoms. The number of carbonyl (C=O) groups excluding carboxylic acids is 1. The second kappa shape index (κ2) is 10.7. The molecule has 0 heterocycles. The zero-order valence-corrected chi connectivity index (χ0v) is 19.1. The van der Waals surface area contributed by atoms with E-state index in [0.717, 1.165) is 0 Å². The minimum absolute atomic E-state index is 0.000526. The number of halogens is 1. The summed E-state index contributed by atoms with van der Waals surface area (Å²) in [7, 11) is -4.07. The van der Waals surface area contributed by atoms with Gasteiger partial charge in [-0.2, -0.15) is 13.7 Å². The second-order valence-electron chi connectivity index (χ2n) is 6.59. The first kappa shape index (κ1) is 23.9. The molecule has 3 rings (SSSR count). The lowest BCUT2D eigenvalue weighted by atomic mass is 10.1. The molecule has 33 heavy (non-hydrogen) atoms. The van der Waals surface area contributed by atoms with E-state index in [4.69, 9.17) is 20.5 Å². The zero-order valence-electron chi connectivity index (χ0n) is 17.5. The summed E-state index contributed by atoms with van der Waals surface area (Å²) in [5.74, 6) is -0.512. The van der Waals surface area contributed by atoms with Crippen LogP contribution in [-0.4, -0.2) is 20.9 Å². The van der Waals surface area contributed by atoms with Crippen LogP contribution in [0.15, 0.2) is 83.3 Å². The maximum atomic E-state index is 12.6. The van der Waals surface area contributed by atoms with Gasteiger partial charge in [-0.25, -0.2) is 0 Å². The minimum atomic E-state index is -4.07. The molecule has 0 aliphatic rings. The number of anilines is 1. The number of benzene rings is 3. The Balaban J connectivity index is 1.88. The van der Waals surface area contributed by atoms with E-state index >= 15 is 0 Å². The number of carbonyl (C=O) groups is 1. The van der Waals surface area contributed by atoms with Gasteiger partial charge in [0, 0.05) is 0 Å². The highest BCUT2D eigenvalue weighted by molar-refractivity contribution is 7.87. The van der Waals surface area contributed by atoms with Crippen LogP contribution in [0.3, 0.4) is 0 Å². The van der Waals surface area contributed by atoms with E-state index in [0.29, 0.717) is 16.3 Å². The van der Waals surface area contributed by atoms with Gasteiger partial charge in [-0.05, 0) is 55.0 Å². The molecule has 0 atom stereocenters. The summed E-state index contributed by atoms with van der Waals surface area (Å²) in [4.78, 5) is 12.5. The Hall–Kier alpha value is -3.80. The van der Waals surface area contributed by atoms with Crippen molar-refractivity contribution in [2.75, 3.05) is 11.9 Å². The predicted octanol–water partition coefficient (Wildman–Crippen LogP) is 5.05. The molecule has 7 nitrogen and oxygen atoms in total. The Kier molecular flexibility index (Phi) is 7.72. The average molecular weight is 483 g/mol. The predicted molar refractivity (Wildman–Crippen MR) is 126 cm³/mol. The van der Waals surface area contributed by atoms with Crippen LogP contribution in [0.2, 0.25) is 5.02 Å². The van der Waals surface area contributed by atoms with Crippen LogP contribution in [0.25, 0.3) is 6.08 Å². The van der Waals surface area contributed by atoms with Crippen LogP contribution in [0, 0.1) is 11.3 Å². The van der Waals surface area contributed by atoms with E-state index < -0.39 is 16.0 Å². The van der Waals surface area contributed by atoms with Crippen LogP contribution in [0.5, 0.6) is 11.5 Å². The highest BCUT2D eigenvalue weighted by atomic mass is 35.5. The molecule has 0 spiro atoms. The van der Waals surface area contributed by atoms with E-state index in [9.17, 15) is 18.5 Å². The van der Waals surface area contributed by atoms with Crippen molar-refractivity contribution in [2.24, 2.45) is 0 Å². The largest absolute Gasteiger partial charge is 0.490 e. The number of hydrogen-bond acceptors (Lipinski definition) is 6.